The molecule has 0 saturated heterocycles. The first kappa shape index (κ1) is 16.9. The maximum atomic E-state index is 11.7. The molecular formula is C25H42O5. The van der Waals surface area contributed by atoms with Crippen LogP contribution in [0.25, 0.3) is 0 Å². The number of fused-ring (bicyclic) bond motifs is 5. The van der Waals surface area contributed by atoms with Crippen LogP contribution in [0.3, 0.4) is 0 Å². The molecule has 0 aromatic rings. The summed E-state index contributed by atoms with van der Waals surface area (Å²) in [5.41, 5.74) is -1.38. The van der Waals surface area contributed by atoms with Crippen molar-refractivity contribution >= 4 is 5.97 Å². The molecule has 0 bridgehead atoms. The van der Waals surface area contributed by atoms with Crippen LogP contribution in [0.4, 0.5) is 0 Å². The maximum absolute atomic E-state index is 11.7. The average Bonchev–Trinajstić information content (AvgIpc) is 3.11. The van der Waals surface area contributed by atoms with Gasteiger partial charge in [-0.15, -0.1) is 0 Å². The molecule has 30 heavy (non-hydrogen) atoms. The van der Waals surface area contributed by atoms with Gasteiger partial charge in [-0.3, -0.25) is 4.79 Å². The van der Waals surface area contributed by atoms with E-state index in [4.69, 9.17) is 11.6 Å². The van der Waals surface area contributed by atoms with Crippen molar-refractivity contribution in [1.82, 2.24) is 0 Å². The SMILES string of the molecule is [2H]C1([2H])C[C@@]2(C)[C@H](C[C@@H](O)[C@@H]3[C@@H]2C[C@H](O)[C@]2(C)[C@@H]([C@H](C)CCC(=O)OC)CC[C@@H]32)C([2H])([2H])[C@@]1([2H])O. The van der Waals surface area contributed by atoms with E-state index >= 15 is 0 Å². The van der Waals surface area contributed by atoms with Gasteiger partial charge in [-0.25, -0.2) is 0 Å². The predicted molar refractivity (Wildman–Crippen MR) is 114 cm³/mol. The highest BCUT2D eigenvalue weighted by molar-refractivity contribution is 5.69. The fourth-order valence-electron chi connectivity index (χ4n) is 7.98. The first-order valence-electron chi connectivity index (χ1n) is 14.1. The van der Waals surface area contributed by atoms with Gasteiger partial charge < -0.3 is 20.1 Å². The highest BCUT2D eigenvalue weighted by Crippen LogP contribution is 2.68. The highest BCUT2D eigenvalue weighted by atomic mass is 16.5. The molecule has 4 aliphatic rings. The monoisotopic (exact) mass is 427 g/mol. The Labute approximate surface area is 188 Å². The van der Waals surface area contributed by atoms with E-state index < -0.39 is 47.8 Å². The number of aliphatic hydroxyl groups is 3. The van der Waals surface area contributed by atoms with Crippen LogP contribution in [0.5, 0.6) is 0 Å². The number of methoxy groups -OCH3 is 1. The number of aliphatic hydroxyl groups excluding tert-OH is 2. The number of esters is 1. The third-order valence-electron chi connectivity index (χ3n) is 9.74. The molecule has 3 N–H and O–H groups in total. The summed E-state index contributed by atoms with van der Waals surface area (Å²) in [6, 6.07) is 0. The fourth-order valence-corrected chi connectivity index (χ4v) is 7.98. The quantitative estimate of drug-likeness (QED) is 0.598. The zero-order chi connectivity index (χ0) is 26.4. The fraction of sp³-hybridized carbons (Fsp3) is 0.960. The predicted octanol–water partition coefficient (Wildman–Crippen LogP) is 3.54. The van der Waals surface area contributed by atoms with Gasteiger partial charge in [-0.05, 0) is 97.6 Å². The van der Waals surface area contributed by atoms with Gasteiger partial charge in [0.15, 0.2) is 0 Å². The molecule has 4 saturated carbocycles. The molecule has 0 unspecified atom stereocenters. The van der Waals surface area contributed by atoms with Crippen LogP contribution < -0.4 is 0 Å². The Morgan fingerprint density at radius 1 is 1.23 bits per heavy atom. The first-order chi connectivity index (χ1) is 16.0. The summed E-state index contributed by atoms with van der Waals surface area (Å²) >= 11 is 0. The summed E-state index contributed by atoms with van der Waals surface area (Å²) in [4.78, 5) is 11.7. The third-order valence-corrected chi connectivity index (χ3v) is 9.74. The Morgan fingerprint density at radius 3 is 2.67 bits per heavy atom. The van der Waals surface area contributed by atoms with Crippen molar-refractivity contribution in [1.29, 1.82) is 0 Å². The summed E-state index contributed by atoms with van der Waals surface area (Å²) in [5, 5.41) is 33.7. The highest BCUT2D eigenvalue weighted by Gasteiger charge is 2.65. The van der Waals surface area contributed by atoms with Gasteiger partial charge in [-0.1, -0.05) is 20.8 Å². The van der Waals surface area contributed by atoms with Crippen molar-refractivity contribution in [3.05, 3.63) is 0 Å². The molecule has 0 spiro atoms. The minimum absolute atomic E-state index is 0.0110. The molecule has 0 aliphatic heterocycles. The lowest BCUT2D eigenvalue weighted by atomic mass is 9.43. The van der Waals surface area contributed by atoms with Crippen molar-refractivity contribution in [3.63, 3.8) is 0 Å². The summed E-state index contributed by atoms with van der Waals surface area (Å²) in [6.07, 6.45) is -6.66. The van der Waals surface area contributed by atoms with E-state index in [1.54, 1.807) is 0 Å². The second-order valence-corrected chi connectivity index (χ2v) is 10.9. The van der Waals surface area contributed by atoms with E-state index in [0.29, 0.717) is 19.3 Å². The lowest BCUT2D eigenvalue weighted by Gasteiger charge is -2.63. The Morgan fingerprint density at radius 2 is 1.97 bits per heavy atom. The van der Waals surface area contributed by atoms with Crippen LogP contribution in [-0.4, -0.2) is 46.7 Å². The standard InChI is InChI=1S/C25H42O5/c1-14(5-8-22(29)30-4)17-6-7-18-23-19(13-21(28)25(17,18)3)24(2)10-9-16(26)11-15(24)12-20(23)27/h14-21,23,26-28H,5-13H2,1-4H3/t14-,15+,16+,17-,18+,19+,20-,21+,23+,24+,25-/m1/s1/i9D2,11D2,16D. The van der Waals surface area contributed by atoms with E-state index in [2.05, 4.69) is 13.8 Å². The van der Waals surface area contributed by atoms with E-state index in [0.717, 1.165) is 12.8 Å². The Hall–Kier alpha value is -0.650. The number of carbonyl (C=O) groups is 1. The van der Waals surface area contributed by atoms with Crippen molar-refractivity contribution < 1.29 is 31.7 Å². The number of hydrogen-bond acceptors (Lipinski definition) is 5. The summed E-state index contributed by atoms with van der Waals surface area (Å²) < 4.78 is 47.2. The molecule has 0 heterocycles. The van der Waals surface area contributed by atoms with Crippen LogP contribution in [0, 0.1) is 46.3 Å². The Bertz CT molecular complexity index is 852. The van der Waals surface area contributed by atoms with Crippen LogP contribution >= 0.6 is 0 Å². The first-order valence-corrected chi connectivity index (χ1v) is 11.6. The van der Waals surface area contributed by atoms with Gasteiger partial charge in [0.2, 0.25) is 0 Å². The van der Waals surface area contributed by atoms with Gasteiger partial charge in [-0.2, -0.15) is 0 Å². The zero-order valence-electron chi connectivity index (χ0n) is 23.7. The van der Waals surface area contributed by atoms with Crippen LogP contribution in [0.1, 0.15) is 85.3 Å². The van der Waals surface area contributed by atoms with E-state index in [9.17, 15) is 20.1 Å². The van der Waals surface area contributed by atoms with Crippen LogP contribution in [0.15, 0.2) is 0 Å². The van der Waals surface area contributed by atoms with Crippen molar-refractivity contribution in [3.8, 4) is 0 Å². The third kappa shape index (κ3) is 3.34. The zero-order valence-corrected chi connectivity index (χ0v) is 18.7. The topological polar surface area (TPSA) is 87.0 Å². The molecular weight excluding hydrogens is 380 g/mol. The summed E-state index contributed by atoms with van der Waals surface area (Å²) in [7, 11) is 1.38. The smallest absolute Gasteiger partial charge is 0.305 e. The maximum Gasteiger partial charge on any atom is 0.305 e. The van der Waals surface area contributed by atoms with E-state index in [1.807, 2.05) is 6.92 Å². The minimum Gasteiger partial charge on any atom is -0.469 e. The number of rotatable bonds is 4. The molecule has 172 valence electrons. The van der Waals surface area contributed by atoms with Gasteiger partial charge in [0.25, 0.3) is 0 Å². The van der Waals surface area contributed by atoms with Gasteiger partial charge >= 0.3 is 5.97 Å². The average molecular weight is 428 g/mol. The molecule has 4 aliphatic carbocycles. The number of ether oxygens (including phenoxy) is 1. The Kier molecular flexibility index (Phi) is 4.53. The van der Waals surface area contributed by atoms with Crippen LogP contribution in [-0.2, 0) is 9.53 Å². The van der Waals surface area contributed by atoms with Gasteiger partial charge in [0.05, 0.1) is 26.8 Å². The van der Waals surface area contributed by atoms with Crippen molar-refractivity contribution in [2.75, 3.05) is 7.11 Å². The van der Waals surface area contributed by atoms with Gasteiger partial charge in [0, 0.05) is 11.9 Å². The van der Waals surface area contributed by atoms with Crippen LogP contribution in [0.2, 0.25) is 0 Å². The molecule has 11 atom stereocenters. The van der Waals surface area contributed by atoms with Crippen molar-refractivity contribution in [2.24, 2.45) is 46.3 Å². The lowest BCUT2D eigenvalue weighted by Crippen LogP contribution is -2.62. The molecule has 0 amide bonds. The lowest BCUT2D eigenvalue weighted by molar-refractivity contribution is -0.207. The van der Waals surface area contributed by atoms with E-state index in [1.165, 1.54) is 7.11 Å². The molecule has 0 aromatic carbocycles. The second kappa shape index (κ2) is 8.04. The molecule has 4 rings (SSSR count). The number of hydrogen-bond donors (Lipinski definition) is 3. The van der Waals surface area contributed by atoms with Crippen molar-refractivity contribution in [2.45, 2.75) is 96.8 Å². The number of carbonyl (C=O) groups excluding carboxylic acids is 1. The summed E-state index contributed by atoms with van der Waals surface area (Å²) in [5.74, 6) is -1.36. The molecule has 5 heteroatoms. The molecule has 0 radical (unpaired) electrons. The summed E-state index contributed by atoms with van der Waals surface area (Å²) in [6.45, 7) is 6.04. The van der Waals surface area contributed by atoms with E-state index in [-0.39, 0.29) is 48.4 Å². The molecule has 4 fully saturated rings. The minimum atomic E-state index is -2.92. The normalized spacial score (nSPS) is 59.7. The molecule has 5 nitrogen and oxygen atoms in total. The Balaban J connectivity index is 1.68. The molecule has 0 aromatic heterocycles. The van der Waals surface area contributed by atoms with Gasteiger partial charge in [0.1, 0.15) is 0 Å². The second-order valence-electron chi connectivity index (χ2n) is 10.9. The largest absolute Gasteiger partial charge is 0.469 e.